The summed E-state index contributed by atoms with van der Waals surface area (Å²) in [4.78, 5) is 0. The van der Waals surface area contributed by atoms with Crippen molar-refractivity contribution in [2.45, 2.75) is 12.8 Å². The van der Waals surface area contributed by atoms with Gasteiger partial charge in [-0.15, -0.1) is 0 Å². The number of hydrogen-bond acceptors (Lipinski definition) is 1. The van der Waals surface area contributed by atoms with Crippen molar-refractivity contribution in [3.8, 4) is 0 Å². The lowest BCUT2D eigenvalue weighted by molar-refractivity contribution is 0.530. The van der Waals surface area contributed by atoms with E-state index >= 15 is 0 Å². The van der Waals surface area contributed by atoms with Gasteiger partial charge in [-0.2, -0.15) is 0 Å². The molecule has 0 saturated heterocycles. The zero-order valence-corrected chi connectivity index (χ0v) is 13.3. The second kappa shape index (κ2) is 7.21. The summed E-state index contributed by atoms with van der Waals surface area (Å²) < 4.78 is 14.1. The molecule has 106 valence electrons. The zero-order chi connectivity index (χ0) is 14.5. The van der Waals surface area contributed by atoms with Crippen molar-refractivity contribution in [1.29, 1.82) is 0 Å². The highest BCUT2D eigenvalue weighted by Crippen LogP contribution is 2.20. The maximum Gasteiger partial charge on any atom is 0.124 e. The van der Waals surface area contributed by atoms with Crippen LogP contribution in [-0.4, -0.2) is 6.54 Å². The lowest BCUT2D eigenvalue weighted by atomic mass is 9.92. The van der Waals surface area contributed by atoms with E-state index in [1.54, 1.807) is 6.07 Å². The molecule has 0 bridgehead atoms. The summed E-state index contributed by atoms with van der Waals surface area (Å²) in [6, 6.07) is 12.7. The Hall–Kier alpha value is -0.900. The highest BCUT2D eigenvalue weighted by atomic mass is 79.9. The highest BCUT2D eigenvalue weighted by Gasteiger charge is 2.11. The molecule has 0 spiro atoms. The van der Waals surface area contributed by atoms with E-state index < -0.39 is 0 Å². The molecule has 1 unspecified atom stereocenters. The van der Waals surface area contributed by atoms with Crippen LogP contribution >= 0.6 is 27.5 Å². The van der Waals surface area contributed by atoms with E-state index in [1.807, 2.05) is 30.3 Å². The van der Waals surface area contributed by atoms with Crippen molar-refractivity contribution >= 4 is 27.5 Å². The van der Waals surface area contributed by atoms with Gasteiger partial charge in [-0.1, -0.05) is 39.7 Å². The third-order valence-corrected chi connectivity index (χ3v) is 3.89. The van der Waals surface area contributed by atoms with Gasteiger partial charge in [-0.25, -0.2) is 4.39 Å². The minimum Gasteiger partial charge on any atom is -0.330 e. The first-order chi connectivity index (χ1) is 9.56. The summed E-state index contributed by atoms with van der Waals surface area (Å²) >= 11 is 9.30. The summed E-state index contributed by atoms with van der Waals surface area (Å²) in [6.45, 7) is 0.556. The molecule has 0 saturated carbocycles. The van der Waals surface area contributed by atoms with Crippen LogP contribution in [0.3, 0.4) is 0 Å². The standard InChI is InChI=1S/C16H16BrClFN/c17-14-6-12(8-16(19)9-14)5-13(10-20)4-11-2-1-3-15(18)7-11/h1-3,6-9,13H,4-5,10,20H2. The molecule has 0 aromatic heterocycles. The molecule has 0 aliphatic carbocycles. The number of rotatable bonds is 5. The maximum absolute atomic E-state index is 13.4. The van der Waals surface area contributed by atoms with Gasteiger partial charge in [-0.3, -0.25) is 0 Å². The van der Waals surface area contributed by atoms with Gasteiger partial charge in [0.15, 0.2) is 0 Å². The number of hydrogen-bond donors (Lipinski definition) is 1. The first kappa shape index (κ1) is 15.5. The quantitative estimate of drug-likeness (QED) is 0.832. The van der Waals surface area contributed by atoms with Crippen LogP contribution in [0.4, 0.5) is 4.39 Å². The second-order valence-corrected chi connectivity index (χ2v) is 6.27. The SMILES string of the molecule is NCC(Cc1cccc(Cl)c1)Cc1cc(F)cc(Br)c1. The molecule has 1 nitrogen and oxygen atoms in total. The molecule has 1 atom stereocenters. The Labute approximate surface area is 132 Å². The van der Waals surface area contributed by atoms with Gasteiger partial charge in [0.1, 0.15) is 5.82 Å². The van der Waals surface area contributed by atoms with Crippen molar-refractivity contribution in [3.63, 3.8) is 0 Å². The summed E-state index contributed by atoms with van der Waals surface area (Å²) in [5.41, 5.74) is 7.95. The third-order valence-electron chi connectivity index (χ3n) is 3.19. The van der Waals surface area contributed by atoms with Gasteiger partial charge >= 0.3 is 0 Å². The van der Waals surface area contributed by atoms with Crippen LogP contribution in [0.25, 0.3) is 0 Å². The van der Waals surface area contributed by atoms with Crippen molar-refractivity contribution in [3.05, 3.63) is 68.9 Å². The van der Waals surface area contributed by atoms with E-state index in [4.69, 9.17) is 17.3 Å². The number of halogens is 3. The third kappa shape index (κ3) is 4.58. The molecule has 2 N–H and O–H groups in total. The molecule has 2 rings (SSSR count). The first-order valence-corrected chi connectivity index (χ1v) is 7.63. The Balaban J connectivity index is 2.09. The Morgan fingerprint density at radius 2 is 1.85 bits per heavy atom. The maximum atomic E-state index is 13.4. The van der Waals surface area contributed by atoms with Crippen molar-refractivity contribution in [2.24, 2.45) is 11.7 Å². The highest BCUT2D eigenvalue weighted by molar-refractivity contribution is 9.10. The smallest absolute Gasteiger partial charge is 0.124 e. The minimum atomic E-state index is -0.229. The molecule has 0 fully saturated rings. The lowest BCUT2D eigenvalue weighted by Crippen LogP contribution is -2.19. The molecule has 20 heavy (non-hydrogen) atoms. The minimum absolute atomic E-state index is 0.229. The topological polar surface area (TPSA) is 26.0 Å². The van der Waals surface area contributed by atoms with Crippen LogP contribution in [0.5, 0.6) is 0 Å². The Morgan fingerprint density at radius 1 is 1.10 bits per heavy atom. The van der Waals surface area contributed by atoms with Crippen molar-refractivity contribution in [1.82, 2.24) is 0 Å². The Kier molecular flexibility index (Phi) is 5.58. The van der Waals surface area contributed by atoms with E-state index in [-0.39, 0.29) is 11.7 Å². The zero-order valence-electron chi connectivity index (χ0n) is 11.0. The largest absolute Gasteiger partial charge is 0.330 e. The summed E-state index contributed by atoms with van der Waals surface area (Å²) in [5, 5.41) is 0.728. The van der Waals surface area contributed by atoms with E-state index in [1.165, 1.54) is 6.07 Å². The number of nitrogens with two attached hydrogens (primary N) is 1. The van der Waals surface area contributed by atoms with E-state index in [2.05, 4.69) is 15.9 Å². The molecule has 0 amide bonds. The monoisotopic (exact) mass is 355 g/mol. The fourth-order valence-electron chi connectivity index (χ4n) is 2.30. The summed E-state index contributed by atoms with van der Waals surface area (Å²) in [7, 11) is 0. The molecule has 0 radical (unpaired) electrons. The van der Waals surface area contributed by atoms with Gasteiger partial charge in [0, 0.05) is 9.50 Å². The predicted octanol–water partition coefficient (Wildman–Crippen LogP) is 4.60. The van der Waals surface area contributed by atoms with Gasteiger partial charge < -0.3 is 5.73 Å². The molecular weight excluding hydrogens is 341 g/mol. The van der Waals surface area contributed by atoms with Crippen molar-refractivity contribution < 1.29 is 4.39 Å². The summed E-state index contributed by atoms with van der Waals surface area (Å²) in [5.74, 6) is 0.0371. The molecule has 2 aromatic carbocycles. The van der Waals surface area contributed by atoms with Gasteiger partial charge in [0.25, 0.3) is 0 Å². The average Bonchev–Trinajstić information content (AvgIpc) is 2.36. The van der Waals surface area contributed by atoms with Crippen LogP contribution < -0.4 is 5.73 Å². The normalized spacial score (nSPS) is 12.4. The second-order valence-electron chi connectivity index (χ2n) is 4.92. The molecule has 2 aromatic rings. The number of benzene rings is 2. The average molecular weight is 357 g/mol. The van der Waals surface area contributed by atoms with Crippen LogP contribution in [0.1, 0.15) is 11.1 Å². The predicted molar refractivity (Wildman–Crippen MR) is 85.5 cm³/mol. The van der Waals surface area contributed by atoms with Crippen LogP contribution in [0, 0.1) is 11.7 Å². The fourth-order valence-corrected chi connectivity index (χ4v) is 3.02. The van der Waals surface area contributed by atoms with E-state index in [0.29, 0.717) is 6.54 Å². The van der Waals surface area contributed by atoms with Crippen LogP contribution in [0.15, 0.2) is 46.9 Å². The molecule has 0 aliphatic rings. The summed E-state index contributed by atoms with van der Waals surface area (Å²) in [6.07, 6.45) is 1.59. The van der Waals surface area contributed by atoms with E-state index in [9.17, 15) is 4.39 Å². The van der Waals surface area contributed by atoms with Gasteiger partial charge in [0.05, 0.1) is 0 Å². The Morgan fingerprint density at radius 3 is 2.50 bits per heavy atom. The molecule has 4 heteroatoms. The molecular formula is C16H16BrClFN. The van der Waals surface area contributed by atoms with Crippen molar-refractivity contribution in [2.75, 3.05) is 6.54 Å². The fraction of sp³-hybridized carbons (Fsp3) is 0.250. The first-order valence-electron chi connectivity index (χ1n) is 6.46. The molecule has 0 aliphatic heterocycles. The Bertz CT molecular complexity index is 568. The van der Waals surface area contributed by atoms with Crippen LogP contribution in [0.2, 0.25) is 5.02 Å². The van der Waals surface area contributed by atoms with E-state index in [0.717, 1.165) is 33.5 Å². The van der Waals surface area contributed by atoms with Gasteiger partial charge in [0.2, 0.25) is 0 Å². The van der Waals surface area contributed by atoms with Crippen LogP contribution in [-0.2, 0) is 12.8 Å². The molecule has 0 heterocycles. The van der Waals surface area contributed by atoms with Gasteiger partial charge in [-0.05, 0) is 66.8 Å². The lowest BCUT2D eigenvalue weighted by Gasteiger charge is -2.15.